The van der Waals surface area contributed by atoms with E-state index in [1.807, 2.05) is 0 Å². The van der Waals surface area contributed by atoms with Crippen molar-refractivity contribution in [1.29, 1.82) is 0 Å². The third-order valence-electron chi connectivity index (χ3n) is 2.23. The van der Waals surface area contributed by atoms with Gasteiger partial charge < -0.3 is 9.84 Å². The molecule has 2 rings (SSSR count). The van der Waals surface area contributed by atoms with Crippen molar-refractivity contribution in [2.24, 2.45) is 0 Å². The lowest BCUT2D eigenvalue weighted by Crippen LogP contribution is -2.03. The fourth-order valence-corrected chi connectivity index (χ4v) is 1.49. The van der Waals surface area contributed by atoms with Crippen LogP contribution >= 0.6 is 11.6 Å². The Hall–Kier alpha value is -2.74. The topological polar surface area (TPSA) is 115 Å². The van der Waals surface area contributed by atoms with E-state index in [2.05, 4.69) is 10.2 Å². The minimum Gasteiger partial charge on any atom is -0.477 e. The van der Waals surface area contributed by atoms with Crippen LogP contribution in [0.1, 0.15) is 10.4 Å². The molecule has 0 saturated heterocycles. The van der Waals surface area contributed by atoms with Crippen LogP contribution in [0.2, 0.25) is 5.15 Å². The van der Waals surface area contributed by atoms with Crippen molar-refractivity contribution in [2.45, 2.75) is 0 Å². The number of carboxylic acid groups (broad SMARTS) is 1. The summed E-state index contributed by atoms with van der Waals surface area (Å²) < 4.78 is 5.24. The van der Waals surface area contributed by atoms with Gasteiger partial charge in [-0.1, -0.05) is 11.6 Å². The highest BCUT2D eigenvalue weighted by Crippen LogP contribution is 2.27. The lowest BCUT2D eigenvalue weighted by atomic mass is 10.1. The Morgan fingerprint density at radius 1 is 1.30 bits per heavy atom. The second-order valence-electron chi connectivity index (χ2n) is 3.54. The van der Waals surface area contributed by atoms with Gasteiger partial charge in [0.2, 0.25) is 5.88 Å². The normalized spacial score (nSPS) is 10.1. The summed E-state index contributed by atoms with van der Waals surface area (Å²) in [5.74, 6) is -1.26. The molecular formula is C11H6ClN3O5. The van der Waals surface area contributed by atoms with Crippen molar-refractivity contribution in [3.63, 3.8) is 0 Å². The molecule has 0 aliphatic rings. The van der Waals surface area contributed by atoms with E-state index in [1.165, 1.54) is 18.2 Å². The van der Waals surface area contributed by atoms with Gasteiger partial charge in [0, 0.05) is 18.2 Å². The summed E-state index contributed by atoms with van der Waals surface area (Å²) in [5.41, 5.74) is -0.999. The summed E-state index contributed by atoms with van der Waals surface area (Å²) in [4.78, 5) is 20.9. The number of aromatic nitrogens is 2. The van der Waals surface area contributed by atoms with Crippen LogP contribution in [0.4, 0.5) is 5.69 Å². The Balaban J connectivity index is 2.34. The first-order valence-corrected chi connectivity index (χ1v) is 5.54. The molecular weight excluding hydrogens is 290 g/mol. The first-order chi connectivity index (χ1) is 9.47. The van der Waals surface area contributed by atoms with E-state index in [-0.39, 0.29) is 16.8 Å². The zero-order chi connectivity index (χ0) is 14.7. The third kappa shape index (κ3) is 2.98. The standard InChI is InChI=1S/C11H6ClN3O5/c12-9-3-4-10(14-13-9)20-6-1-2-8(15(18)19)7(5-6)11(16)17/h1-5H,(H,16,17). The second-order valence-corrected chi connectivity index (χ2v) is 3.92. The average molecular weight is 296 g/mol. The van der Waals surface area contributed by atoms with Gasteiger partial charge in [0.25, 0.3) is 5.69 Å². The monoisotopic (exact) mass is 295 g/mol. The minimum absolute atomic E-state index is 0.0830. The van der Waals surface area contributed by atoms with Gasteiger partial charge in [-0.05, 0) is 12.1 Å². The number of hydrogen-bond donors (Lipinski definition) is 1. The maximum Gasteiger partial charge on any atom is 0.342 e. The number of benzene rings is 1. The number of carbonyl (C=O) groups is 1. The number of ether oxygens (including phenoxy) is 1. The van der Waals surface area contributed by atoms with Crippen molar-refractivity contribution in [3.05, 3.63) is 51.2 Å². The molecule has 2 aromatic rings. The molecule has 0 saturated carbocycles. The van der Waals surface area contributed by atoms with Crippen LogP contribution in [0.3, 0.4) is 0 Å². The van der Waals surface area contributed by atoms with Gasteiger partial charge in [0.15, 0.2) is 5.15 Å². The molecule has 1 heterocycles. The molecule has 1 aromatic heterocycles. The predicted octanol–water partition coefficient (Wildman–Crippen LogP) is 2.53. The van der Waals surface area contributed by atoms with Gasteiger partial charge in [-0.3, -0.25) is 10.1 Å². The van der Waals surface area contributed by atoms with Gasteiger partial charge in [0.1, 0.15) is 11.3 Å². The number of nitro groups is 1. The van der Waals surface area contributed by atoms with Crippen LogP contribution in [-0.4, -0.2) is 26.2 Å². The summed E-state index contributed by atoms with van der Waals surface area (Å²) in [7, 11) is 0. The van der Waals surface area contributed by atoms with Crippen LogP contribution in [-0.2, 0) is 0 Å². The van der Waals surface area contributed by atoms with Crippen molar-refractivity contribution < 1.29 is 19.6 Å². The van der Waals surface area contributed by atoms with E-state index in [4.69, 9.17) is 21.4 Å². The highest BCUT2D eigenvalue weighted by Gasteiger charge is 2.20. The molecule has 0 unspecified atom stereocenters. The van der Waals surface area contributed by atoms with Crippen LogP contribution in [0, 0.1) is 10.1 Å². The summed E-state index contributed by atoms with van der Waals surface area (Å²) >= 11 is 5.56. The fraction of sp³-hybridized carbons (Fsp3) is 0. The van der Waals surface area contributed by atoms with E-state index in [1.54, 1.807) is 0 Å². The number of aromatic carboxylic acids is 1. The zero-order valence-electron chi connectivity index (χ0n) is 9.69. The van der Waals surface area contributed by atoms with Crippen LogP contribution in [0.25, 0.3) is 0 Å². The summed E-state index contributed by atoms with van der Waals surface area (Å²) in [6, 6.07) is 6.21. The van der Waals surface area contributed by atoms with E-state index in [0.717, 1.165) is 12.1 Å². The molecule has 0 spiro atoms. The maximum atomic E-state index is 11.0. The Kier molecular flexibility index (Phi) is 3.76. The quantitative estimate of drug-likeness (QED) is 0.680. The smallest absolute Gasteiger partial charge is 0.342 e. The first-order valence-electron chi connectivity index (χ1n) is 5.16. The molecule has 0 radical (unpaired) electrons. The SMILES string of the molecule is O=C(O)c1cc(Oc2ccc(Cl)nn2)ccc1[N+](=O)[O-]. The largest absolute Gasteiger partial charge is 0.477 e. The molecule has 0 aliphatic heterocycles. The number of rotatable bonds is 4. The predicted molar refractivity (Wildman–Crippen MR) is 67.2 cm³/mol. The maximum absolute atomic E-state index is 11.0. The van der Waals surface area contributed by atoms with Crippen molar-refractivity contribution >= 4 is 23.3 Å². The molecule has 0 aliphatic carbocycles. The van der Waals surface area contributed by atoms with E-state index in [9.17, 15) is 14.9 Å². The number of nitrogens with zero attached hydrogens (tertiary/aromatic N) is 3. The van der Waals surface area contributed by atoms with Crippen molar-refractivity contribution in [3.8, 4) is 11.6 Å². The van der Waals surface area contributed by atoms with Gasteiger partial charge >= 0.3 is 5.97 Å². The molecule has 1 N–H and O–H groups in total. The van der Waals surface area contributed by atoms with Crippen molar-refractivity contribution in [2.75, 3.05) is 0 Å². The molecule has 9 heteroatoms. The van der Waals surface area contributed by atoms with Crippen LogP contribution in [0.15, 0.2) is 30.3 Å². The van der Waals surface area contributed by atoms with Gasteiger partial charge in [0.05, 0.1) is 4.92 Å². The van der Waals surface area contributed by atoms with E-state index < -0.39 is 22.1 Å². The molecule has 1 aromatic carbocycles. The molecule has 0 bridgehead atoms. The number of halogens is 1. The van der Waals surface area contributed by atoms with E-state index >= 15 is 0 Å². The second kappa shape index (κ2) is 5.49. The average Bonchev–Trinajstić information content (AvgIpc) is 2.41. The zero-order valence-corrected chi connectivity index (χ0v) is 10.4. The summed E-state index contributed by atoms with van der Waals surface area (Å²) in [5, 5.41) is 27.0. The van der Waals surface area contributed by atoms with Gasteiger partial charge in [-0.2, -0.15) is 0 Å². The number of nitro benzene ring substituents is 1. The summed E-state index contributed by atoms with van der Waals surface area (Å²) in [6.45, 7) is 0. The fourth-order valence-electron chi connectivity index (χ4n) is 1.39. The van der Waals surface area contributed by atoms with Gasteiger partial charge in [-0.25, -0.2) is 4.79 Å². The molecule has 0 amide bonds. The van der Waals surface area contributed by atoms with Crippen molar-refractivity contribution in [1.82, 2.24) is 10.2 Å². The Morgan fingerprint density at radius 2 is 2.05 bits per heavy atom. The molecule has 0 atom stereocenters. The van der Waals surface area contributed by atoms with Gasteiger partial charge in [-0.15, -0.1) is 10.2 Å². The lowest BCUT2D eigenvalue weighted by Gasteiger charge is -2.05. The molecule has 20 heavy (non-hydrogen) atoms. The Labute approximate surface area is 116 Å². The molecule has 0 fully saturated rings. The van der Waals surface area contributed by atoms with Crippen LogP contribution < -0.4 is 4.74 Å². The Morgan fingerprint density at radius 3 is 2.60 bits per heavy atom. The lowest BCUT2D eigenvalue weighted by molar-refractivity contribution is -0.385. The number of hydrogen-bond acceptors (Lipinski definition) is 6. The first kappa shape index (κ1) is 13.7. The summed E-state index contributed by atoms with van der Waals surface area (Å²) in [6.07, 6.45) is 0. The minimum atomic E-state index is -1.43. The van der Waals surface area contributed by atoms with Crippen LogP contribution in [0.5, 0.6) is 11.6 Å². The number of carboxylic acids is 1. The molecule has 102 valence electrons. The third-order valence-corrected chi connectivity index (χ3v) is 2.43. The highest BCUT2D eigenvalue weighted by atomic mass is 35.5. The highest BCUT2D eigenvalue weighted by molar-refractivity contribution is 6.29. The Bertz CT molecular complexity index is 674. The molecule has 8 nitrogen and oxygen atoms in total. The van der Waals surface area contributed by atoms with E-state index in [0.29, 0.717) is 0 Å².